The van der Waals surface area contributed by atoms with Gasteiger partial charge < -0.3 is 5.32 Å². The predicted octanol–water partition coefficient (Wildman–Crippen LogP) is 2.87. The maximum absolute atomic E-state index is 11.7. The maximum Gasteiger partial charge on any atom is 0.259 e. The van der Waals surface area contributed by atoms with Crippen LogP contribution in [0.2, 0.25) is 0 Å². The minimum atomic E-state index is -0.178. The van der Waals surface area contributed by atoms with Crippen molar-refractivity contribution in [2.24, 2.45) is 5.10 Å². The smallest absolute Gasteiger partial charge is 0.259 e. The molecule has 4 heteroatoms. The van der Waals surface area contributed by atoms with Crippen molar-refractivity contribution in [3.63, 3.8) is 0 Å². The van der Waals surface area contributed by atoms with E-state index in [-0.39, 0.29) is 12.5 Å². The zero-order valence-electron chi connectivity index (χ0n) is 12.3. The number of hydrogen-bond acceptors (Lipinski definition) is 3. The third kappa shape index (κ3) is 4.45. The van der Waals surface area contributed by atoms with E-state index in [1.165, 1.54) is 0 Å². The lowest BCUT2D eigenvalue weighted by Crippen LogP contribution is -2.26. The summed E-state index contributed by atoms with van der Waals surface area (Å²) in [5, 5.41) is 7.06. The van der Waals surface area contributed by atoms with Crippen LogP contribution in [-0.4, -0.2) is 18.7 Å². The SMILES string of the molecule is Cc1ccccc1/C=N/NC(=O)CNc1ccccc1C. The van der Waals surface area contributed by atoms with E-state index in [9.17, 15) is 4.79 Å². The number of para-hydroxylation sites is 1. The molecule has 0 spiro atoms. The number of amides is 1. The monoisotopic (exact) mass is 281 g/mol. The molecule has 2 aromatic carbocycles. The van der Waals surface area contributed by atoms with Gasteiger partial charge in [-0.25, -0.2) is 5.43 Å². The molecule has 0 heterocycles. The highest BCUT2D eigenvalue weighted by Crippen LogP contribution is 2.12. The molecule has 0 saturated carbocycles. The van der Waals surface area contributed by atoms with Gasteiger partial charge in [0, 0.05) is 5.69 Å². The van der Waals surface area contributed by atoms with Crippen LogP contribution >= 0.6 is 0 Å². The number of carbonyl (C=O) groups is 1. The van der Waals surface area contributed by atoms with Crippen molar-refractivity contribution in [2.75, 3.05) is 11.9 Å². The Labute approximate surface area is 124 Å². The Morgan fingerprint density at radius 3 is 2.43 bits per heavy atom. The fraction of sp³-hybridized carbons (Fsp3) is 0.176. The normalized spacial score (nSPS) is 10.6. The molecule has 4 nitrogen and oxygen atoms in total. The summed E-state index contributed by atoms with van der Waals surface area (Å²) in [4.78, 5) is 11.7. The second-order valence-corrected chi connectivity index (χ2v) is 4.82. The summed E-state index contributed by atoms with van der Waals surface area (Å²) in [7, 11) is 0. The van der Waals surface area contributed by atoms with Crippen LogP contribution in [0.15, 0.2) is 53.6 Å². The second-order valence-electron chi connectivity index (χ2n) is 4.82. The van der Waals surface area contributed by atoms with Crippen molar-refractivity contribution in [3.8, 4) is 0 Å². The van der Waals surface area contributed by atoms with E-state index in [2.05, 4.69) is 15.8 Å². The van der Waals surface area contributed by atoms with Crippen LogP contribution in [0.25, 0.3) is 0 Å². The molecule has 1 amide bonds. The van der Waals surface area contributed by atoms with Gasteiger partial charge in [-0.1, -0.05) is 42.5 Å². The molecule has 0 radical (unpaired) electrons. The average Bonchev–Trinajstić information content (AvgIpc) is 2.48. The summed E-state index contributed by atoms with van der Waals surface area (Å²) in [5.74, 6) is -0.178. The van der Waals surface area contributed by atoms with Crippen LogP contribution in [-0.2, 0) is 4.79 Å². The Morgan fingerprint density at radius 1 is 1.05 bits per heavy atom. The van der Waals surface area contributed by atoms with E-state index in [1.807, 2.05) is 62.4 Å². The Bertz CT molecular complexity index is 650. The number of nitrogens with zero attached hydrogens (tertiary/aromatic N) is 1. The molecule has 0 fully saturated rings. The van der Waals surface area contributed by atoms with Gasteiger partial charge in [0.2, 0.25) is 0 Å². The number of nitrogens with one attached hydrogen (secondary N) is 2. The number of hydrazone groups is 1. The van der Waals surface area contributed by atoms with Crippen molar-refractivity contribution < 1.29 is 4.79 Å². The van der Waals surface area contributed by atoms with Crippen molar-refractivity contribution in [1.29, 1.82) is 0 Å². The van der Waals surface area contributed by atoms with E-state index in [0.717, 1.165) is 22.4 Å². The highest BCUT2D eigenvalue weighted by molar-refractivity contribution is 5.85. The summed E-state index contributed by atoms with van der Waals surface area (Å²) in [6.45, 7) is 4.19. The van der Waals surface area contributed by atoms with Gasteiger partial charge in [-0.05, 0) is 36.6 Å². The van der Waals surface area contributed by atoms with Gasteiger partial charge in [-0.15, -0.1) is 0 Å². The number of aryl methyl sites for hydroxylation is 2. The fourth-order valence-corrected chi connectivity index (χ4v) is 1.89. The summed E-state index contributed by atoms with van der Waals surface area (Å²) in [5.41, 5.74) is 6.69. The molecule has 21 heavy (non-hydrogen) atoms. The number of carbonyl (C=O) groups excluding carboxylic acids is 1. The van der Waals surface area contributed by atoms with Crippen LogP contribution in [0.4, 0.5) is 5.69 Å². The Balaban J connectivity index is 1.83. The summed E-state index contributed by atoms with van der Waals surface area (Å²) in [6, 6.07) is 15.7. The molecular formula is C17H19N3O. The third-order valence-corrected chi connectivity index (χ3v) is 3.17. The molecule has 0 unspecified atom stereocenters. The zero-order valence-corrected chi connectivity index (χ0v) is 12.3. The number of rotatable bonds is 5. The topological polar surface area (TPSA) is 53.5 Å². The van der Waals surface area contributed by atoms with Crippen molar-refractivity contribution in [2.45, 2.75) is 13.8 Å². The van der Waals surface area contributed by atoms with E-state index < -0.39 is 0 Å². The van der Waals surface area contributed by atoms with Crippen molar-refractivity contribution in [1.82, 2.24) is 5.43 Å². The van der Waals surface area contributed by atoms with Crippen LogP contribution in [0.3, 0.4) is 0 Å². The van der Waals surface area contributed by atoms with E-state index >= 15 is 0 Å². The molecule has 2 N–H and O–H groups in total. The Hall–Kier alpha value is -2.62. The van der Waals surface area contributed by atoms with Gasteiger partial charge in [0.25, 0.3) is 5.91 Å². The quantitative estimate of drug-likeness (QED) is 0.654. The predicted molar refractivity (Wildman–Crippen MR) is 86.6 cm³/mol. The molecule has 2 aromatic rings. The van der Waals surface area contributed by atoms with E-state index in [1.54, 1.807) is 6.21 Å². The number of hydrogen-bond donors (Lipinski definition) is 2. The first-order valence-electron chi connectivity index (χ1n) is 6.84. The minimum absolute atomic E-state index is 0.178. The summed E-state index contributed by atoms with van der Waals surface area (Å²) in [6.07, 6.45) is 1.65. The molecule has 0 aliphatic carbocycles. The molecule has 0 atom stereocenters. The average molecular weight is 281 g/mol. The lowest BCUT2D eigenvalue weighted by Gasteiger charge is -2.07. The fourth-order valence-electron chi connectivity index (χ4n) is 1.89. The van der Waals surface area contributed by atoms with Gasteiger partial charge in [0.15, 0.2) is 0 Å². The Kier molecular flexibility index (Phi) is 5.10. The van der Waals surface area contributed by atoms with Gasteiger partial charge in [-0.2, -0.15) is 5.10 Å². The summed E-state index contributed by atoms with van der Waals surface area (Å²) < 4.78 is 0. The van der Waals surface area contributed by atoms with Gasteiger partial charge in [0.05, 0.1) is 12.8 Å². The van der Waals surface area contributed by atoms with Crippen LogP contribution < -0.4 is 10.7 Å². The largest absolute Gasteiger partial charge is 0.376 e. The van der Waals surface area contributed by atoms with Crippen molar-refractivity contribution in [3.05, 3.63) is 65.2 Å². The van der Waals surface area contributed by atoms with E-state index in [0.29, 0.717) is 0 Å². The maximum atomic E-state index is 11.7. The van der Waals surface area contributed by atoms with Crippen LogP contribution in [0, 0.1) is 13.8 Å². The first-order valence-corrected chi connectivity index (χ1v) is 6.84. The highest BCUT2D eigenvalue weighted by atomic mass is 16.2. The molecule has 2 rings (SSSR count). The molecular weight excluding hydrogens is 262 g/mol. The lowest BCUT2D eigenvalue weighted by molar-refractivity contribution is -0.119. The molecule has 108 valence electrons. The van der Waals surface area contributed by atoms with Gasteiger partial charge in [-0.3, -0.25) is 4.79 Å². The lowest BCUT2D eigenvalue weighted by atomic mass is 10.1. The van der Waals surface area contributed by atoms with Crippen LogP contribution in [0.1, 0.15) is 16.7 Å². The molecule has 0 aliphatic rings. The molecule has 0 aromatic heterocycles. The summed E-state index contributed by atoms with van der Waals surface area (Å²) >= 11 is 0. The first kappa shape index (κ1) is 14.8. The van der Waals surface area contributed by atoms with E-state index in [4.69, 9.17) is 0 Å². The number of anilines is 1. The second kappa shape index (κ2) is 7.24. The minimum Gasteiger partial charge on any atom is -0.376 e. The first-order chi connectivity index (χ1) is 10.2. The highest BCUT2D eigenvalue weighted by Gasteiger charge is 2.01. The standard InChI is InChI=1S/C17H19N3O/c1-13-7-3-5-9-15(13)11-19-20-17(21)12-18-16-10-6-4-8-14(16)2/h3-11,18H,12H2,1-2H3,(H,20,21)/b19-11+. The zero-order chi connectivity index (χ0) is 15.1. The molecule has 0 bridgehead atoms. The number of benzene rings is 2. The Morgan fingerprint density at radius 2 is 1.71 bits per heavy atom. The van der Waals surface area contributed by atoms with Crippen LogP contribution in [0.5, 0.6) is 0 Å². The molecule has 0 aliphatic heterocycles. The third-order valence-electron chi connectivity index (χ3n) is 3.17. The molecule has 0 saturated heterocycles. The van der Waals surface area contributed by atoms with Gasteiger partial charge >= 0.3 is 0 Å². The van der Waals surface area contributed by atoms with Crippen molar-refractivity contribution >= 4 is 17.8 Å². The van der Waals surface area contributed by atoms with Gasteiger partial charge in [0.1, 0.15) is 0 Å².